The minimum Gasteiger partial charge on any atom is -0.303 e. The van der Waals surface area contributed by atoms with Crippen LogP contribution in [0.4, 0.5) is 4.39 Å². The van der Waals surface area contributed by atoms with Crippen molar-refractivity contribution in [2.24, 2.45) is 0 Å². The molecule has 1 aliphatic rings. The second-order valence-electron chi connectivity index (χ2n) is 4.40. The molecule has 1 fully saturated rings. The number of piperidine rings is 1. The van der Waals surface area contributed by atoms with E-state index in [4.69, 9.17) is 0 Å². The van der Waals surface area contributed by atoms with Gasteiger partial charge in [-0.3, -0.25) is 9.88 Å². The van der Waals surface area contributed by atoms with Gasteiger partial charge in [-0.2, -0.15) is 0 Å². The largest absolute Gasteiger partial charge is 0.327 e. The number of nitrogens with zero attached hydrogens (tertiary/aromatic N) is 1. The van der Waals surface area contributed by atoms with Crippen LogP contribution in [0.2, 0.25) is 0 Å². The van der Waals surface area contributed by atoms with Crippen molar-refractivity contribution < 1.29 is 4.39 Å². The molecule has 4 nitrogen and oxygen atoms in total. The number of aromatic amines is 1. The summed E-state index contributed by atoms with van der Waals surface area (Å²) in [5.74, 6) is -0.380. The standard InChI is InChI=1S/C12H14FN3O/c13-8-4-3-5-9-11(8)15-12(17)16(9)10-6-1-2-7-14-10/h3-5,10,14H,1-2,6-7H2,(H,15,17). The zero-order valence-electron chi connectivity index (χ0n) is 9.37. The fourth-order valence-electron chi connectivity index (χ4n) is 2.48. The highest BCUT2D eigenvalue weighted by atomic mass is 19.1. The molecule has 2 aromatic rings. The third kappa shape index (κ3) is 1.67. The van der Waals surface area contributed by atoms with Crippen LogP contribution >= 0.6 is 0 Å². The van der Waals surface area contributed by atoms with Crippen LogP contribution in [0.1, 0.15) is 25.4 Å². The van der Waals surface area contributed by atoms with Crippen LogP contribution < -0.4 is 11.0 Å². The second kappa shape index (κ2) is 4.00. The van der Waals surface area contributed by atoms with E-state index < -0.39 is 0 Å². The first-order chi connectivity index (χ1) is 8.27. The monoisotopic (exact) mass is 235 g/mol. The predicted octanol–water partition coefficient (Wildman–Crippen LogP) is 1.74. The average molecular weight is 235 g/mol. The molecule has 3 rings (SSSR count). The van der Waals surface area contributed by atoms with Crippen LogP contribution in [0.3, 0.4) is 0 Å². The summed E-state index contributed by atoms with van der Waals surface area (Å²) in [6, 6.07) is 4.76. The fraction of sp³-hybridized carbons (Fsp3) is 0.417. The maximum atomic E-state index is 13.5. The number of imidazole rings is 1. The second-order valence-corrected chi connectivity index (χ2v) is 4.40. The molecule has 1 atom stereocenters. The number of halogens is 1. The van der Waals surface area contributed by atoms with Crippen LogP contribution in [0.25, 0.3) is 11.0 Å². The molecule has 1 aliphatic heterocycles. The van der Waals surface area contributed by atoms with Gasteiger partial charge in [-0.25, -0.2) is 9.18 Å². The Kier molecular flexibility index (Phi) is 2.48. The van der Waals surface area contributed by atoms with Gasteiger partial charge in [0.25, 0.3) is 0 Å². The van der Waals surface area contributed by atoms with E-state index in [1.54, 1.807) is 16.7 Å². The molecule has 0 radical (unpaired) electrons. The molecule has 5 heteroatoms. The Labute approximate surface area is 97.4 Å². The number of aromatic nitrogens is 2. The van der Waals surface area contributed by atoms with E-state index in [1.807, 2.05) is 0 Å². The number of benzene rings is 1. The lowest BCUT2D eigenvalue weighted by atomic mass is 10.1. The van der Waals surface area contributed by atoms with Crippen LogP contribution in [-0.2, 0) is 0 Å². The molecule has 0 saturated carbocycles. The Hall–Kier alpha value is -1.62. The fourth-order valence-corrected chi connectivity index (χ4v) is 2.48. The summed E-state index contributed by atoms with van der Waals surface area (Å²) in [4.78, 5) is 14.5. The minimum atomic E-state index is -0.380. The quantitative estimate of drug-likeness (QED) is 0.791. The summed E-state index contributed by atoms with van der Waals surface area (Å²) in [6.45, 7) is 0.902. The molecule has 0 amide bonds. The molecule has 1 aromatic heterocycles. The van der Waals surface area contributed by atoms with E-state index in [9.17, 15) is 9.18 Å². The van der Waals surface area contributed by atoms with Crippen molar-refractivity contribution in [2.45, 2.75) is 25.4 Å². The highest BCUT2D eigenvalue weighted by molar-refractivity contribution is 5.75. The normalized spacial score (nSPS) is 20.9. The van der Waals surface area contributed by atoms with Gasteiger partial charge < -0.3 is 4.98 Å². The third-order valence-electron chi connectivity index (χ3n) is 3.30. The van der Waals surface area contributed by atoms with Crippen molar-refractivity contribution in [2.75, 3.05) is 6.54 Å². The summed E-state index contributed by atoms with van der Waals surface area (Å²) in [5.41, 5.74) is 0.684. The Morgan fingerprint density at radius 1 is 1.35 bits per heavy atom. The Balaban J connectivity index is 2.18. The van der Waals surface area contributed by atoms with Crippen LogP contribution in [0.5, 0.6) is 0 Å². The van der Waals surface area contributed by atoms with E-state index in [2.05, 4.69) is 10.3 Å². The number of hydrogen-bond donors (Lipinski definition) is 2. The maximum Gasteiger partial charge on any atom is 0.327 e. The van der Waals surface area contributed by atoms with E-state index in [1.165, 1.54) is 6.07 Å². The first-order valence-electron chi connectivity index (χ1n) is 5.89. The van der Waals surface area contributed by atoms with Crippen molar-refractivity contribution in [3.05, 3.63) is 34.5 Å². The van der Waals surface area contributed by atoms with Gasteiger partial charge in [-0.1, -0.05) is 6.07 Å². The van der Waals surface area contributed by atoms with Gasteiger partial charge in [-0.05, 0) is 37.9 Å². The van der Waals surface area contributed by atoms with Gasteiger partial charge >= 0.3 is 5.69 Å². The van der Waals surface area contributed by atoms with E-state index in [0.717, 1.165) is 25.8 Å². The van der Waals surface area contributed by atoms with Crippen LogP contribution in [0, 0.1) is 5.82 Å². The number of rotatable bonds is 1. The molecule has 2 N–H and O–H groups in total. The van der Waals surface area contributed by atoms with Crippen molar-refractivity contribution in [3.63, 3.8) is 0 Å². The SMILES string of the molecule is O=c1[nH]c2c(F)cccc2n1C1CCCCN1. The highest BCUT2D eigenvalue weighted by Gasteiger charge is 2.19. The summed E-state index contributed by atoms with van der Waals surface area (Å²) < 4.78 is 15.2. The van der Waals surface area contributed by atoms with Gasteiger partial charge in [0.15, 0.2) is 0 Å². The van der Waals surface area contributed by atoms with Crippen molar-refractivity contribution in [3.8, 4) is 0 Å². The van der Waals surface area contributed by atoms with E-state index >= 15 is 0 Å². The lowest BCUT2D eigenvalue weighted by molar-refractivity contribution is 0.321. The number of fused-ring (bicyclic) bond motifs is 1. The smallest absolute Gasteiger partial charge is 0.303 e. The molecule has 1 saturated heterocycles. The van der Waals surface area contributed by atoms with Crippen LogP contribution in [-0.4, -0.2) is 16.1 Å². The van der Waals surface area contributed by atoms with E-state index in [0.29, 0.717) is 11.0 Å². The minimum absolute atomic E-state index is 0.0215. The molecule has 90 valence electrons. The molecule has 0 bridgehead atoms. The first-order valence-corrected chi connectivity index (χ1v) is 5.89. The Bertz CT molecular complexity index is 595. The number of H-pyrrole nitrogens is 1. The van der Waals surface area contributed by atoms with Crippen molar-refractivity contribution in [1.29, 1.82) is 0 Å². The van der Waals surface area contributed by atoms with Gasteiger partial charge in [0.2, 0.25) is 0 Å². The van der Waals surface area contributed by atoms with Gasteiger partial charge in [0.05, 0.1) is 11.7 Å². The third-order valence-corrected chi connectivity index (χ3v) is 3.30. The topological polar surface area (TPSA) is 49.8 Å². The van der Waals surface area contributed by atoms with Crippen molar-refractivity contribution in [1.82, 2.24) is 14.9 Å². The summed E-state index contributed by atoms with van der Waals surface area (Å²) >= 11 is 0. The maximum absolute atomic E-state index is 13.5. The molecular formula is C12H14FN3O. The molecule has 2 heterocycles. The molecule has 0 spiro atoms. The number of nitrogens with one attached hydrogen (secondary N) is 2. The average Bonchev–Trinajstić information content (AvgIpc) is 2.68. The number of hydrogen-bond acceptors (Lipinski definition) is 2. The van der Waals surface area contributed by atoms with Gasteiger partial charge in [-0.15, -0.1) is 0 Å². The molecule has 17 heavy (non-hydrogen) atoms. The van der Waals surface area contributed by atoms with E-state index in [-0.39, 0.29) is 17.7 Å². The molecule has 0 aliphatic carbocycles. The van der Waals surface area contributed by atoms with Gasteiger partial charge in [0, 0.05) is 0 Å². The molecular weight excluding hydrogens is 221 g/mol. The Morgan fingerprint density at radius 3 is 3.00 bits per heavy atom. The van der Waals surface area contributed by atoms with Crippen molar-refractivity contribution >= 4 is 11.0 Å². The molecule has 1 unspecified atom stereocenters. The van der Waals surface area contributed by atoms with Gasteiger partial charge in [0.1, 0.15) is 11.3 Å². The lowest BCUT2D eigenvalue weighted by Gasteiger charge is -2.24. The summed E-state index contributed by atoms with van der Waals surface area (Å²) in [5, 5.41) is 3.29. The zero-order chi connectivity index (χ0) is 11.8. The van der Waals surface area contributed by atoms with Crippen LogP contribution in [0.15, 0.2) is 23.0 Å². The lowest BCUT2D eigenvalue weighted by Crippen LogP contribution is -2.36. The number of para-hydroxylation sites is 1. The first kappa shape index (κ1) is 10.5. The Morgan fingerprint density at radius 2 is 2.24 bits per heavy atom. The zero-order valence-corrected chi connectivity index (χ0v) is 9.37. The highest BCUT2D eigenvalue weighted by Crippen LogP contribution is 2.21. The predicted molar refractivity (Wildman–Crippen MR) is 63.4 cm³/mol. The summed E-state index contributed by atoms with van der Waals surface area (Å²) in [6.07, 6.45) is 3.10. The summed E-state index contributed by atoms with van der Waals surface area (Å²) in [7, 11) is 0. The molecule has 1 aromatic carbocycles.